The number of para-hydroxylation sites is 1. The van der Waals surface area contributed by atoms with Crippen LogP contribution >= 0.6 is 0 Å². The molecule has 0 saturated heterocycles. The molecule has 1 heterocycles. The number of rotatable bonds is 4. The molecule has 0 aliphatic rings. The van der Waals surface area contributed by atoms with Gasteiger partial charge in [-0.05, 0) is 37.4 Å². The molecule has 1 aromatic heterocycles. The molecule has 0 unspecified atom stereocenters. The predicted molar refractivity (Wildman–Crippen MR) is 63.7 cm³/mol. The molecule has 0 radical (unpaired) electrons. The highest BCUT2D eigenvalue weighted by Crippen LogP contribution is 2.17. The fourth-order valence-corrected chi connectivity index (χ4v) is 1.83. The molecule has 2 aromatic rings. The minimum Gasteiger partial charge on any atom is -0.330 e. The van der Waals surface area contributed by atoms with Gasteiger partial charge in [-0.1, -0.05) is 24.3 Å². The second-order valence-corrected chi connectivity index (χ2v) is 3.74. The molecule has 15 heavy (non-hydrogen) atoms. The van der Waals surface area contributed by atoms with Crippen molar-refractivity contribution in [1.82, 2.24) is 4.98 Å². The second-order valence-electron chi connectivity index (χ2n) is 3.74. The van der Waals surface area contributed by atoms with E-state index in [-0.39, 0.29) is 0 Å². The van der Waals surface area contributed by atoms with Crippen molar-refractivity contribution in [1.29, 1.82) is 0 Å². The molecule has 0 amide bonds. The lowest BCUT2D eigenvalue weighted by Crippen LogP contribution is -1.99. The molecule has 1 aromatic carbocycles. The highest BCUT2D eigenvalue weighted by Gasteiger charge is 2.00. The molecule has 0 fully saturated rings. The van der Waals surface area contributed by atoms with Crippen LogP contribution in [0.15, 0.2) is 36.5 Å². The molecule has 2 heteroatoms. The van der Waals surface area contributed by atoms with Crippen LogP contribution in [0.2, 0.25) is 0 Å². The summed E-state index contributed by atoms with van der Waals surface area (Å²) in [5.74, 6) is 0. The van der Waals surface area contributed by atoms with Gasteiger partial charge in [0.05, 0.1) is 5.52 Å². The van der Waals surface area contributed by atoms with Crippen LogP contribution in [0.4, 0.5) is 0 Å². The van der Waals surface area contributed by atoms with Crippen LogP contribution in [0.25, 0.3) is 10.9 Å². The SMILES string of the molecule is NCCCCc1cccc2cccnc12. The maximum atomic E-state index is 5.49. The van der Waals surface area contributed by atoms with Crippen LogP contribution in [0.5, 0.6) is 0 Å². The smallest absolute Gasteiger partial charge is 0.0733 e. The molecule has 0 atom stereocenters. The van der Waals surface area contributed by atoms with Gasteiger partial charge in [0.2, 0.25) is 0 Å². The monoisotopic (exact) mass is 200 g/mol. The first-order valence-corrected chi connectivity index (χ1v) is 5.44. The van der Waals surface area contributed by atoms with E-state index >= 15 is 0 Å². The number of pyridine rings is 1. The van der Waals surface area contributed by atoms with Gasteiger partial charge in [0.25, 0.3) is 0 Å². The zero-order valence-electron chi connectivity index (χ0n) is 8.82. The summed E-state index contributed by atoms with van der Waals surface area (Å²) in [6.07, 6.45) is 5.16. The van der Waals surface area contributed by atoms with Gasteiger partial charge in [0.15, 0.2) is 0 Å². The average Bonchev–Trinajstić information content (AvgIpc) is 2.30. The Morgan fingerprint density at radius 1 is 1.07 bits per heavy atom. The largest absolute Gasteiger partial charge is 0.330 e. The minimum atomic E-state index is 0.776. The third-order valence-corrected chi connectivity index (χ3v) is 2.62. The van der Waals surface area contributed by atoms with Gasteiger partial charge in [0.1, 0.15) is 0 Å². The highest BCUT2D eigenvalue weighted by molar-refractivity contribution is 5.81. The number of hydrogen-bond acceptors (Lipinski definition) is 2. The number of benzene rings is 1. The van der Waals surface area contributed by atoms with Gasteiger partial charge < -0.3 is 5.73 Å². The summed E-state index contributed by atoms with van der Waals surface area (Å²) < 4.78 is 0. The molecule has 2 N–H and O–H groups in total. The lowest BCUT2D eigenvalue weighted by Gasteiger charge is -2.04. The highest BCUT2D eigenvalue weighted by atomic mass is 14.6. The molecular formula is C13H16N2. The lowest BCUT2D eigenvalue weighted by atomic mass is 10.0. The van der Waals surface area contributed by atoms with E-state index in [1.165, 1.54) is 10.9 Å². The van der Waals surface area contributed by atoms with Crippen molar-refractivity contribution >= 4 is 10.9 Å². The van der Waals surface area contributed by atoms with Gasteiger partial charge in [-0.25, -0.2) is 0 Å². The number of aryl methyl sites for hydroxylation is 1. The van der Waals surface area contributed by atoms with E-state index in [0.29, 0.717) is 0 Å². The van der Waals surface area contributed by atoms with Crippen molar-refractivity contribution in [2.45, 2.75) is 19.3 Å². The van der Waals surface area contributed by atoms with E-state index in [1.807, 2.05) is 12.3 Å². The Labute approximate surface area is 90.1 Å². The van der Waals surface area contributed by atoms with Gasteiger partial charge >= 0.3 is 0 Å². The second kappa shape index (κ2) is 4.89. The molecule has 0 bridgehead atoms. The Morgan fingerprint density at radius 3 is 2.80 bits per heavy atom. The summed E-state index contributed by atoms with van der Waals surface area (Å²) >= 11 is 0. The first-order chi connectivity index (χ1) is 7.42. The Bertz CT molecular complexity index is 432. The van der Waals surface area contributed by atoms with Crippen LogP contribution in [-0.4, -0.2) is 11.5 Å². The van der Waals surface area contributed by atoms with E-state index in [1.54, 1.807) is 0 Å². The van der Waals surface area contributed by atoms with Crippen molar-refractivity contribution in [2.24, 2.45) is 5.73 Å². The van der Waals surface area contributed by atoms with Gasteiger partial charge in [-0.2, -0.15) is 0 Å². The molecule has 78 valence electrons. The fourth-order valence-electron chi connectivity index (χ4n) is 1.83. The van der Waals surface area contributed by atoms with Crippen LogP contribution in [-0.2, 0) is 6.42 Å². The quantitative estimate of drug-likeness (QED) is 0.770. The van der Waals surface area contributed by atoms with Crippen LogP contribution in [0.3, 0.4) is 0 Å². The van der Waals surface area contributed by atoms with E-state index < -0.39 is 0 Å². The normalized spacial score (nSPS) is 10.7. The summed E-state index contributed by atoms with van der Waals surface area (Å²) in [5, 5.41) is 1.22. The maximum Gasteiger partial charge on any atom is 0.0733 e. The standard InChI is InChI=1S/C13H16N2/c14-9-2-1-5-11-6-3-7-12-8-4-10-15-13(11)12/h3-4,6-8,10H,1-2,5,9,14H2. The third kappa shape index (κ3) is 2.34. The lowest BCUT2D eigenvalue weighted by molar-refractivity contribution is 0.747. The zero-order valence-corrected chi connectivity index (χ0v) is 8.82. The van der Waals surface area contributed by atoms with Gasteiger partial charge in [-0.15, -0.1) is 0 Å². The fraction of sp³-hybridized carbons (Fsp3) is 0.308. The topological polar surface area (TPSA) is 38.9 Å². The minimum absolute atomic E-state index is 0.776. The molecular weight excluding hydrogens is 184 g/mol. The summed E-state index contributed by atoms with van der Waals surface area (Å²) in [6, 6.07) is 10.4. The number of nitrogens with two attached hydrogens (primary N) is 1. The summed E-state index contributed by atoms with van der Waals surface area (Å²) in [7, 11) is 0. The maximum absolute atomic E-state index is 5.49. The number of fused-ring (bicyclic) bond motifs is 1. The van der Waals surface area contributed by atoms with Crippen LogP contribution in [0, 0.1) is 0 Å². The first kappa shape index (κ1) is 10.1. The molecule has 2 rings (SSSR count). The summed E-state index contributed by atoms with van der Waals surface area (Å²) in [5.41, 5.74) is 7.96. The Morgan fingerprint density at radius 2 is 1.93 bits per heavy atom. The Kier molecular flexibility index (Phi) is 3.30. The number of hydrogen-bond donors (Lipinski definition) is 1. The number of nitrogens with zero attached hydrogens (tertiary/aromatic N) is 1. The van der Waals surface area contributed by atoms with E-state index in [2.05, 4.69) is 29.2 Å². The zero-order chi connectivity index (χ0) is 10.5. The summed E-state index contributed by atoms with van der Waals surface area (Å²) in [4.78, 5) is 4.43. The molecule has 0 spiro atoms. The first-order valence-electron chi connectivity index (χ1n) is 5.44. The summed E-state index contributed by atoms with van der Waals surface area (Å²) in [6.45, 7) is 0.776. The van der Waals surface area contributed by atoms with Crippen molar-refractivity contribution in [3.05, 3.63) is 42.1 Å². The Hall–Kier alpha value is -1.41. The Balaban J connectivity index is 2.26. The van der Waals surface area contributed by atoms with Crippen LogP contribution < -0.4 is 5.73 Å². The van der Waals surface area contributed by atoms with Crippen LogP contribution in [0.1, 0.15) is 18.4 Å². The molecule has 2 nitrogen and oxygen atoms in total. The van der Waals surface area contributed by atoms with E-state index in [4.69, 9.17) is 5.73 Å². The predicted octanol–water partition coefficient (Wildman–Crippen LogP) is 2.52. The van der Waals surface area contributed by atoms with E-state index in [0.717, 1.165) is 31.3 Å². The van der Waals surface area contributed by atoms with E-state index in [9.17, 15) is 0 Å². The number of unbranched alkanes of at least 4 members (excludes halogenated alkanes) is 1. The van der Waals surface area contributed by atoms with Crippen molar-refractivity contribution in [3.8, 4) is 0 Å². The number of aromatic nitrogens is 1. The van der Waals surface area contributed by atoms with Crippen molar-refractivity contribution < 1.29 is 0 Å². The van der Waals surface area contributed by atoms with Gasteiger partial charge in [-0.3, -0.25) is 4.98 Å². The molecule has 0 saturated carbocycles. The molecule has 0 aliphatic carbocycles. The van der Waals surface area contributed by atoms with Crippen molar-refractivity contribution in [2.75, 3.05) is 6.54 Å². The van der Waals surface area contributed by atoms with Crippen molar-refractivity contribution in [3.63, 3.8) is 0 Å². The molecule has 0 aliphatic heterocycles. The van der Waals surface area contributed by atoms with Gasteiger partial charge in [0, 0.05) is 11.6 Å². The third-order valence-electron chi connectivity index (χ3n) is 2.62. The average molecular weight is 200 g/mol.